The molecule has 1 aromatic carbocycles. The van der Waals surface area contributed by atoms with Crippen LogP contribution in [0.15, 0.2) is 18.2 Å². The highest BCUT2D eigenvalue weighted by atomic mass is 79.9. The van der Waals surface area contributed by atoms with Gasteiger partial charge in [0.05, 0.1) is 14.2 Å². The summed E-state index contributed by atoms with van der Waals surface area (Å²) < 4.78 is 27.8. The zero-order chi connectivity index (χ0) is 13.4. The Hall–Kier alpha value is -0.160. The Balaban J connectivity index is 2.45. The van der Waals surface area contributed by atoms with Crippen molar-refractivity contribution in [2.45, 2.75) is 11.8 Å². The molecule has 0 radical (unpaired) electrons. The quantitative estimate of drug-likeness (QED) is 0.440. The highest BCUT2D eigenvalue weighted by Gasteiger charge is 2.20. The number of hydrogen-bond acceptors (Lipinski definition) is 1. The first-order valence-corrected chi connectivity index (χ1v) is 7.43. The van der Waals surface area contributed by atoms with Crippen molar-refractivity contribution < 1.29 is 8.78 Å². The van der Waals surface area contributed by atoms with Gasteiger partial charge in [0.1, 0.15) is 11.6 Å². The van der Waals surface area contributed by atoms with Crippen molar-refractivity contribution in [2.75, 3.05) is 0 Å². The first-order valence-electron chi connectivity index (χ1n) is 4.94. The summed E-state index contributed by atoms with van der Waals surface area (Å²) >= 11 is 16.2. The predicted molar refractivity (Wildman–Crippen MR) is 76.2 cm³/mol. The highest BCUT2D eigenvalue weighted by Crippen LogP contribution is 2.40. The molecule has 0 saturated heterocycles. The van der Waals surface area contributed by atoms with Gasteiger partial charge in [-0.3, -0.25) is 0 Å². The predicted octanol–water partition coefficient (Wildman–Crippen LogP) is 6.13. The summed E-state index contributed by atoms with van der Waals surface area (Å²) in [5, 5.41) is -0.226. The summed E-state index contributed by atoms with van der Waals surface area (Å²) in [6.07, 6.45) is 0. The van der Waals surface area contributed by atoms with Crippen molar-refractivity contribution in [1.29, 1.82) is 0 Å². The van der Waals surface area contributed by atoms with E-state index in [0.29, 0.717) is 4.34 Å². The van der Waals surface area contributed by atoms with Gasteiger partial charge in [0.2, 0.25) is 0 Å². The Morgan fingerprint density at radius 2 is 1.83 bits per heavy atom. The zero-order valence-corrected chi connectivity index (χ0v) is 13.0. The van der Waals surface area contributed by atoms with Crippen LogP contribution in [0.1, 0.15) is 20.8 Å². The van der Waals surface area contributed by atoms with Crippen LogP contribution in [-0.2, 0) is 0 Å². The molecule has 0 spiro atoms. The fraction of sp³-hybridized carbons (Fsp3) is 0.167. The fourth-order valence-corrected chi connectivity index (χ4v) is 3.62. The molecule has 0 N–H and O–H groups in total. The lowest BCUT2D eigenvalue weighted by Gasteiger charge is -2.10. The zero-order valence-electron chi connectivity index (χ0n) is 9.11. The van der Waals surface area contributed by atoms with Crippen molar-refractivity contribution in [1.82, 2.24) is 0 Å². The van der Waals surface area contributed by atoms with Crippen molar-refractivity contribution >= 4 is 50.5 Å². The minimum absolute atomic E-state index is 0.204. The van der Waals surface area contributed by atoms with Crippen LogP contribution < -0.4 is 0 Å². The van der Waals surface area contributed by atoms with Gasteiger partial charge in [0, 0.05) is 10.4 Å². The van der Waals surface area contributed by atoms with Gasteiger partial charge in [-0.2, -0.15) is 0 Å². The van der Waals surface area contributed by atoms with Crippen molar-refractivity contribution in [3.8, 4) is 0 Å². The Bertz CT molecular complexity index is 579. The molecule has 2 aromatic rings. The lowest BCUT2D eigenvalue weighted by molar-refractivity contribution is 0.589. The molecule has 2 rings (SSSR count). The van der Waals surface area contributed by atoms with Crippen molar-refractivity contribution in [3.05, 3.63) is 55.2 Å². The van der Waals surface area contributed by atoms with Gasteiger partial charge in [-0.05, 0) is 30.7 Å². The Morgan fingerprint density at radius 1 is 1.17 bits per heavy atom. The SMILES string of the molecule is Cc1cc(C(Br)c2cc(F)c(Cl)cc2F)sc1Cl. The Kier molecular flexibility index (Phi) is 4.32. The van der Waals surface area contributed by atoms with E-state index in [1.165, 1.54) is 11.3 Å². The summed E-state index contributed by atoms with van der Waals surface area (Å²) in [6, 6.07) is 3.92. The molecule has 1 aromatic heterocycles. The van der Waals surface area contributed by atoms with E-state index in [1.807, 2.05) is 13.0 Å². The molecule has 1 unspecified atom stereocenters. The standard InChI is InChI=1S/C12H7BrCl2F2S/c1-5-2-10(18-12(5)15)11(13)6-3-9(17)7(14)4-8(6)16/h2-4,11H,1H3. The number of thiophene rings is 1. The molecule has 0 nitrogen and oxygen atoms in total. The van der Waals surface area contributed by atoms with Gasteiger partial charge in [-0.25, -0.2) is 8.78 Å². The third-order valence-corrected chi connectivity index (χ3v) is 5.64. The summed E-state index contributed by atoms with van der Waals surface area (Å²) in [5.41, 5.74) is 1.12. The van der Waals surface area contributed by atoms with Crippen LogP contribution in [0.5, 0.6) is 0 Å². The van der Waals surface area contributed by atoms with Crippen LogP contribution in [0.3, 0.4) is 0 Å². The van der Waals surface area contributed by atoms with Crippen LogP contribution >= 0.6 is 50.5 Å². The number of aryl methyl sites for hydroxylation is 1. The maximum Gasteiger partial charge on any atom is 0.142 e. The minimum atomic E-state index is -0.642. The molecular formula is C12H7BrCl2F2S. The molecule has 0 aliphatic heterocycles. The van der Waals surface area contributed by atoms with E-state index in [2.05, 4.69) is 15.9 Å². The summed E-state index contributed by atoms with van der Waals surface area (Å²) in [6.45, 7) is 1.86. The summed E-state index contributed by atoms with van der Waals surface area (Å²) in [4.78, 5) is 0.374. The number of halogens is 5. The maximum atomic E-state index is 13.8. The fourth-order valence-electron chi connectivity index (χ4n) is 1.49. The van der Waals surface area contributed by atoms with Gasteiger partial charge in [-0.1, -0.05) is 39.1 Å². The van der Waals surface area contributed by atoms with Gasteiger partial charge in [-0.15, -0.1) is 11.3 Å². The van der Waals surface area contributed by atoms with E-state index < -0.39 is 16.5 Å². The number of benzene rings is 1. The van der Waals surface area contributed by atoms with Gasteiger partial charge < -0.3 is 0 Å². The van der Waals surface area contributed by atoms with Crippen LogP contribution in [0.4, 0.5) is 8.78 Å². The van der Waals surface area contributed by atoms with Crippen LogP contribution in [0, 0.1) is 18.6 Å². The monoisotopic (exact) mass is 370 g/mol. The van der Waals surface area contributed by atoms with Crippen molar-refractivity contribution in [3.63, 3.8) is 0 Å². The molecule has 1 heterocycles. The molecule has 96 valence electrons. The highest BCUT2D eigenvalue weighted by molar-refractivity contribution is 9.09. The normalized spacial score (nSPS) is 12.8. The smallest absolute Gasteiger partial charge is 0.142 e. The molecule has 0 aliphatic carbocycles. The molecule has 6 heteroatoms. The van der Waals surface area contributed by atoms with Crippen LogP contribution in [0.2, 0.25) is 9.36 Å². The number of rotatable bonds is 2. The van der Waals surface area contributed by atoms with Gasteiger partial charge in [0.15, 0.2) is 0 Å². The van der Waals surface area contributed by atoms with E-state index >= 15 is 0 Å². The molecule has 1 atom stereocenters. The van der Waals surface area contributed by atoms with E-state index in [1.54, 1.807) is 0 Å². The molecule has 0 bridgehead atoms. The second-order valence-electron chi connectivity index (χ2n) is 3.76. The third-order valence-electron chi connectivity index (χ3n) is 2.44. The molecule has 18 heavy (non-hydrogen) atoms. The molecular weight excluding hydrogens is 365 g/mol. The largest absolute Gasteiger partial charge is 0.207 e. The average molecular weight is 372 g/mol. The Morgan fingerprint density at radius 3 is 2.39 bits per heavy atom. The minimum Gasteiger partial charge on any atom is -0.207 e. The van der Waals surface area contributed by atoms with E-state index in [0.717, 1.165) is 22.6 Å². The van der Waals surface area contributed by atoms with E-state index in [9.17, 15) is 8.78 Å². The average Bonchev–Trinajstić information content (AvgIpc) is 2.63. The molecule has 0 amide bonds. The molecule has 0 aliphatic rings. The summed E-state index contributed by atoms with van der Waals surface area (Å²) in [5.74, 6) is -1.19. The second-order valence-corrected chi connectivity index (χ2v) is 6.76. The lowest BCUT2D eigenvalue weighted by Crippen LogP contribution is -1.96. The first kappa shape index (κ1) is 14.3. The van der Waals surface area contributed by atoms with Gasteiger partial charge in [0.25, 0.3) is 0 Å². The number of hydrogen-bond donors (Lipinski definition) is 0. The number of alkyl halides is 1. The molecule has 0 saturated carbocycles. The lowest BCUT2D eigenvalue weighted by atomic mass is 10.1. The topological polar surface area (TPSA) is 0 Å². The second kappa shape index (κ2) is 5.45. The summed E-state index contributed by atoms with van der Waals surface area (Å²) in [7, 11) is 0. The van der Waals surface area contributed by atoms with Crippen LogP contribution in [0.25, 0.3) is 0 Å². The maximum absolute atomic E-state index is 13.8. The van der Waals surface area contributed by atoms with Crippen molar-refractivity contribution in [2.24, 2.45) is 0 Å². The Labute approximate surface area is 126 Å². The first-order chi connectivity index (χ1) is 8.40. The molecule has 0 fully saturated rings. The third kappa shape index (κ3) is 2.72. The van der Waals surface area contributed by atoms with E-state index in [4.69, 9.17) is 23.2 Å². The van der Waals surface area contributed by atoms with Crippen LogP contribution in [-0.4, -0.2) is 0 Å². The van der Waals surface area contributed by atoms with Gasteiger partial charge >= 0.3 is 0 Å². The van der Waals surface area contributed by atoms with E-state index in [-0.39, 0.29) is 10.6 Å².